The standard InChI is InChI=1S/C18H19N3O3S/c1-9-19-17(24-21-9)15-12-4-5-23-8-14(12)25-18(15)20-16(22)13-7-10-2-3-11(13)6-10/h2-3,10-11,13H,4-8H2,1H3,(H,20,22). The smallest absolute Gasteiger partial charge is 0.261 e. The van der Waals surface area contributed by atoms with Crippen molar-refractivity contribution < 1.29 is 14.1 Å². The summed E-state index contributed by atoms with van der Waals surface area (Å²) < 4.78 is 11.0. The summed E-state index contributed by atoms with van der Waals surface area (Å²) in [6.45, 7) is 3.05. The lowest BCUT2D eigenvalue weighted by Crippen LogP contribution is -2.25. The van der Waals surface area contributed by atoms with Gasteiger partial charge in [0.25, 0.3) is 5.89 Å². The van der Waals surface area contributed by atoms with Crippen LogP contribution in [0.2, 0.25) is 0 Å². The van der Waals surface area contributed by atoms with E-state index in [1.807, 2.05) is 0 Å². The fourth-order valence-electron chi connectivity index (χ4n) is 4.23. The predicted molar refractivity (Wildman–Crippen MR) is 93.2 cm³/mol. The molecular weight excluding hydrogens is 338 g/mol. The third-order valence-electron chi connectivity index (χ3n) is 5.41. The molecule has 1 fully saturated rings. The van der Waals surface area contributed by atoms with Crippen molar-refractivity contribution in [1.29, 1.82) is 0 Å². The third-order valence-corrected chi connectivity index (χ3v) is 6.54. The Kier molecular flexibility index (Phi) is 3.53. The Balaban J connectivity index is 1.49. The van der Waals surface area contributed by atoms with E-state index < -0.39 is 0 Å². The molecule has 130 valence electrons. The van der Waals surface area contributed by atoms with Crippen molar-refractivity contribution >= 4 is 22.2 Å². The fraction of sp³-hybridized carbons (Fsp3) is 0.500. The summed E-state index contributed by atoms with van der Waals surface area (Å²) in [6, 6.07) is 0. The van der Waals surface area contributed by atoms with Crippen molar-refractivity contribution in [1.82, 2.24) is 10.1 Å². The number of carbonyl (C=O) groups is 1. The molecule has 0 spiro atoms. The predicted octanol–water partition coefficient (Wildman–Crippen LogP) is 3.33. The van der Waals surface area contributed by atoms with E-state index in [1.54, 1.807) is 18.3 Å². The van der Waals surface area contributed by atoms with Gasteiger partial charge in [-0.1, -0.05) is 17.3 Å². The zero-order valence-electron chi connectivity index (χ0n) is 13.9. The second-order valence-electron chi connectivity index (χ2n) is 7.03. The van der Waals surface area contributed by atoms with Crippen molar-refractivity contribution in [3.8, 4) is 11.5 Å². The molecule has 2 aromatic heterocycles. The van der Waals surface area contributed by atoms with Gasteiger partial charge in [0.1, 0.15) is 5.00 Å². The molecule has 2 aliphatic carbocycles. The molecule has 0 saturated heterocycles. The molecule has 7 heteroatoms. The zero-order valence-corrected chi connectivity index (χ0v) is 14.8. The van der Waals surface area contributed by atoms with Gasteiger partial charge in [-0.05, 0) is 43.6 Å². The highest BCUT2D eigenvalue weighted by molar-refractivity contribution is 7.17. The van der Waals surface area contributed by atoms with Gasteiger partial charge in [0.2, 0.25) is 5.91 Å². The minimum Gasteiger partial charge on any atom is -0.376 e. The normalized spacial score (nSPS) is 26.8. The Hall–Kier alpha value is -1.99. The highest BCUT2D eigenvalue weighted by Gasteiger charge is 2.40. The van der Waals surface area contributed by atoms with Crippen molar-refractivity contribution in [3.05, 3.63) is 28.4 Å². The molecular formula is C18H19N3O3S. The van der Waals surface area contributed by atoms with Gasteiger partial charge in [0, 0.05) is 10.8 Å². The Bertz CT molecular complexity index is 869. The maximum Gasteiger partial charge on any atom is 0.261 e. The highest BCUT2D eigenvalue weighted by Crippen LogP contribution is 2.46. The minimum absolute atomic E-state index is 0.0719. The van der Waals surface area contributed by atoms with Crippen LogP contribution in [0.25, 0.3) is 11.5 Å². The summed E-state index contributed by atoms with van der Waals surface area (Å²) in [7, 11) is 0. The fourth-order valence-corrected chi connectivity index (χ4v) is 5.41. The first-order valence-electron chi connectivity index (χ1n) is 8.71. The third kappa shape index (κ3) is 2.53. The molecule has 3 aliphatic rings. The Morgan fingerprint density at radius 2 is 2.28 bits per heavy atom. The number of aryl methyl sites for hydroxylation is 1. The lowest BCUT2D eigenvalue weighted by atomic mass is 9.93. The number of aromatic nitrogens is 2. The number of amides is 1. The molecule has 3 atom stereocenters. The van der Waals surface area contributed by atoms with E-state index in [-0.39, 0.29) is 11.8 Å². The van der Waals surface area contributed by atoms with Gasteiger partial charge in [-0.15, -0.1) is 11.3 Å². The van der Waals surface area contributed by atoms with Crippen LogP contribution in [0, 0.1) is 24.7 Å². The first kappa shape index (κ1) is 15.3. The molecule has 1 amide bonds. The number of hydrogen-bond donors (Lipinski definition) is 1. The van der Waals surface area contributed by atoms with Gasteiger partial charge in [-0.25, -0.2) is 0 Å². The molecule has 0 radical (unpaired) electrons. The van der Waals surface area contributed by atoms with Crippen LogP contribution in [-0.4, -0.2) is 22.7 Å². The minimum atomic E-state index is 0.0719. The van der Waals surface area contributed by atoms with Crippen LogP contribution in [0.5, 0.6) is 0 Å². The monoisotopic (exact) mass is 357 g/mol. The Labute approximate surface area is 149 Å². The van der Waals surface area contributed by atoms with Gasteiger partial charge in [-0.3, -0.25) is 4.79 Å². The van der Waals surface area contributed by atoms with Crippen LogP contribution in [0.15, 0.2) is 16.7 Å². The zero-order chi connectivity index (χ0) is 17.0. The van der Waals surface area contributed by atoms with Gasteiger partial charge < -0.3 is 14.6 Å². The number of nitrogens with zero attached hydrogens (tertiary/aromatic N) is 2. The topological polar surface area (TPSA) is 77.2 Å². The van der Waals surface area contributed by atoms with E-state index in [2.05, 4.69) is 27.6 Å². The van der Waals surface area contributed by atoms with Gasteiger partial charge in [0.15, 0.2) is 5.82 Å². The molecule has 25 heavy (non-hydrogen) atoms. The van der Waals surface area contributed by atoms with Crippen molar-refractivity contribution in [3.63, 3.8) is 0 Å². The van der Waals surface area contributed by atoms with Gasteiger partial charge in [-0.2, -0.15) is 4.98 Å². The number of hydrogen-bond acceptors (Lipinski definition) is 6. The van der Waals surface area contributed by atoms with Crippen LogP contribution in [-0.2, 0) is 22.6 Å². The molecule has 5 rings (SSSR count). The Morgan fingerprint density at radius 3 is 3.00 bits per heavy atom. The average Bonchev–Trinajstić information content (AvgIpc) is 3.36. The van der Waals surface area contributed by atoms with Crippen LogP contribution in [0.3, 0.4) is 0 Å². The lowest BCUT2D eigenvalue weighted by molar-refractivity contribution is -0.120. The second-order valence-corrected chi connectivity index (χ2v) is 8.14. The quantitative estimate of drug-likeness (QED) is 0.853. The summed E-state index contributed by atoms with van der Waals surface area (Å²) >= 11 is 1.57. The number of fused-ring (bicyclic) bond motifs is 3. The number of anilines is 1. The summed E-state index contributed by atoms with van der Waals surface area (Å²) in [4.78, 5) is 18.4. The molecule has 6 nitrogen and oxygen atoms in total. The maximum absolute atomic E-state index is 12.9. The average molecular weight is 357 g/mol. The molecule has 1 aliphatic heterocycles. The summed E-state index contributed by atoms with van der Waals surface area (Å²) in [5.41, 5.74) is 2.05. The van der Waals surface area contributed by atoms with Crippen LogP contribution in [0.4, 0.5) is 5.00 Å². The van der Waals surface area contributed by atoms with Gasteiger partial charge >= 0.3 is 0 Å². The maximum atomic E-state index is 12.9. The first-order chi connectivity index (χ1) is 12.2. The molecule has 1 N–H and O–H groups in total. The number of carbonyl (C=O) groups excluding carboxylic acids is 1. The number of ether oxygens (including phenoxy) is 1. The van der Waals surface area contributed by atoms with Crippen LogP contribution >= 0.6 is 11.3 Å². The van der Waals surface area contributed by atoms with Gasteiger partial charge in [0.05, 0.1) is 18.8 Å². The number of thiophene rings is 1. The second kappa shape index (κ2) is 5.78. The lowest BCUT2D eigenvalue weighted by Gasteiger charge is -2.17. The van der Waals surface area contributed by atoms with E-state index in [4.69, 9.17) is 9.26 Å². The van der Waals surface area contributed by atoms with E-state index >= 15 is 0 Å². The van der Waals surface area contributed by atoms with Crippen molar-refractivity contribution in [2.75, 3.05) is 11.9 Å². The summed E-state index contributed by atoms with van der Waals surface area (Å²) in [6.07, 6.45) is 7.32. The number of nitrogens with one attached hydrogen (secondary N) is 1. The summed E-state index contributed by atoms with van der Waals surface area (Å²) in [5.74, 6) is 2.22. The molecule has 2 bridgehead atoms. The highest BCUT2D eigenvalue weighted by atomic mass is 32.1. The first-order valence-corrected chi connectivity index (χ1v) is 9.53. The molecule has 3 heterocycles. The van der Waals surface area contributed by atoms with Crippen LogP contribution in [0.1, 0.15) is 29.1 Å². The van der Waals surface area contributed by atoms with Crippen molar-refractivity contribution in [2.45, 2.75) is 32.8 Å². The van der Waals surface area contributed by atoms with E-state index in [9.17, 15) is 4.79 Å². The number of allylic oxidation sites excluding steroid dienone is 2. The number of rotatable bonds is 3. The van der Waals surface area contributed by atoms with E-state index in [0.29, 0.717) is 36.8 Å². The summed E-state index contributed by atoms with van der Waals surface area (Å²) in [5, 5.41) is 7.90. The SMILES string of the molecule is Cc1noc(-c2c(NC(=O)C3CC4C=CC3C4)sc3c2CCOC3)n1. The van der Waals surface area contributed by atoms with Crippen molar-refractivity contribution in [2.24, 2.45) is 17.8 Å². The molecule has 0 aromatic carbocycles. The molecule has 1 saturated carbocycles. The molecule has 2 aromatic rings. The largest absolute Gasteiger partial charge is 0.376 e. The van der Waals surface area contributed by atoms with Crippen LogP contribution < -0.4 is 5.32 Å². The molecule has 3 unspecified atom stereocenters. The van der Waals surface area contributed by atoms with E-state index in [1.165, 1.54) is 5.56 Å². The Morgan fingerprint density at radius 1 is 1.36 bits per heavy atom. The van der Waals surface area contributed by atoms with E-state index in [0.717, 1.165) is 34.7 Å².